The van der Waals surface area contributed by atoms with Crippen LogP contribution in [0, 0.1) is 5.41 Å². The molecule has 0 amide bonds. The molecule has 1 saturated carbocycles. The summed E-state index contributed by atoms with van der Waals surface area (Å²) in [7, 11) is 1.76. The lowest BCUT2D eigenvalue weighted by Gasteiger charge is -2.15. The van der Waals surface area contributed by atoms with Crippen LogP contribution in [-0.4, -0.2) is 30.7 Å². The normalized spacial score (nSPS) is 21.6. The molecule has 3 rings (SSSR count). The van der Waals surface area contributed by atoms with Crippen LogP contribution in [-0.2, 0) is 0 Å². The maximum Gasteiger partial charge on any atom is 0.191 e. The second kappa shape index (κ2) is 5.89. The molecule has 1 fully saturated rings. The lowest BCUT2D eigenvalue weighted by molar-refractivity contribution is 0.184. The molecule has 2 aromatic rings. The summed E-state index contributed by atoms with van der Waals surface area (Å²) < 4.78 is 1.21. The topological polar surface area (TPSA) is 56.7 Å². The number of aliphatic imine (C=N–C) groups is 1. The largest absolute Gasteiger partial charge is 0.386 e. The van der Waals surface area contributed by atoms with Crippen LogP contribution < -0.4 is 10.6 Å². The van der Waals surface area contributed by atoms with Gasteiger partial charge < -0.3 is 15.7 Å². The molecule has 0 spiro atoms. The zero-order chi connectivity index (χ0) is 15.7. The highest BCUT2D eigenvalue weighted by Crippen LogP contribution is 2.44. The van der Waals surface area contributed by atoms with Gasteiger partial charge in [0, 0.05) is 29.2 Å². The van der Waals surface area contributed by atoms with Crippen molar-refractivity contribution in [1.29, 1.82) is 0 Å². The van der Waals surface area contributed by atoms with Gasteiger partial charge in [-0.05, 0) is 29.4 Å². The molecule has 0 bridgehead atoms. The van der Waals surface area contributed by atoms with Crippen molar-refractivity contribution in [2.24, 2.45) is 10.4 Å². The first-order chi connectivity index (χ1) is 10.5. The molecule has 5 heteroatoms. The third-order valence-corrected chi connectivity index (χ3v) is 5.50. The summed E-state index contributed by atoms with van der Waals surface area (Å²) in [5, 5.41) is 18.2. The number of thiophene rings is 1. The Labute approximate surface area is 135 Å². The molecular formula is C17H23N3OS. The highest BCUT2D eigenvalue weighted by Gasteiger charge is 2.46. The Balaban J connectivity index is 1.58. The maximum atomic E-state index is 10.4. The van der Waals surface area contributed by atoms with E-state index in [4.69, 9.17) is 0 Å². The Bertz CT molecular complexity index is 659. The number of fused-ring (bicyclic) bond motifs is 1. The average molecular weight is 317 g/mol. The van der Waals surface area contributed by atoms with Crippen LogP contribution in [0.25, 0.3) is 10.1 Å². The molecule has 118 valence electrons. The number of hydrogen-bond donors (Lipinski definition) is 3. The van der Waals surface area contributed by atoms with Crippen LogP contribution in [0.5, 0.6) is 0 Å². The molecule has 2 atom stereocenters. The van der Waals surface area contributed by atoms with Gasteiger partial charge in [0.1, 0.15) is 6.10 Å². The Hall–Kier alpha value is -1.59. The van der Waals surface area contributed by atoms with Crippen molar-refractivity contribution in [2.75, 3.05) is 13.6 Å². The van der Waals surface area contributed by atoms with E-state index in [1.807, 2.05) is 12.1 Å². The lowest BCUT2D eigenvalue weighted by atomic mass is 10.2. The van der Waals surface area contributed by atoms with Gasteiger partial charge in [-0.1, -0.05) is 32.0 Å². The molecule has 4 nitrogen and oxygen atoms in total. The van der Waals surface area contributed by atoms with Crippen molar-refractivity contribution in [3.63, 3.8) is 0 Å². The minimum atomic E-state index is -0.525. The van der Waals surface area contributed by atoms with Crippen molar-refractivity contribution in [1.82, 2.24) is 10.6 Å². The van der Waals surface area contributed by atoms with Gasteiger partial charge in [0.15, 0.2) is 5.96 Å². The van der Waals surface area contributed by atoms with Gasteiger partial charge in [-0.3, -0.25) is 4.99 Å². The number of nitrogens with one attached hydrogen (secondary N) is 2. The predicted molar refractivity (Wildman–Crippen MR) is 93.5 cm³/mol. The summed E-state index contributed by atoms with van der Waals surface area (Å²) in [6, 6.07) is 10.7. The standard InChI is InChI=1S/C17H23N3OS/c1-17(2)9-15(17)20-16(18-3)19-10-12(21)14-8-11-6-4-5-7-13(11)22-14/h4-8,12,15,21H,9-10H2,1-3H3,(H2,18,19,20). The molecule has 0 saturated heterocycles. The number of hydrogen-bond acceptors (Lipinski definition) is 3. The van der Waals surface area contributed by atoms with Gasteiger partial charge in [0.2, 0.25) is 0 Å². The van der Waals surface area contributed by atoms with Gasteiger partial charge in [0.25, 0.3) is 0 Å². The summed E-state index contributed by atoms with van der Waals surface area (Å²) in [6.45, 7) is 4.94. The second-order valence-electron chi connectivity index (χ2n) is 6.55. The quantitative estimate of drug-likeness (QED) is 0.600. The monoisotopic (exact) mass is 317 g/mol. The Morgan fingerprint density at radius 3 is 2.82 bits per heavy atom. The number of rotatable bonds is 4. The average Bonchev–Trinajstić information content (AvgIpc) is 2.92. The minimum Gasteiger partial charge on any atom is -0.386 e. The number of aliphatic hydroxyl groups is 1. The summed E-state index contributed by atoms with van der Waals surface area (Å²) in [4.78, 5) is 5.21. The number of guanidine groups is 1. The molecular weight excluding hydrogens is 294 g/mol. The first-order valence-corrected chi connectivity index (χ1v) is 8.45. The zero-order valence-electron chi connectivity index (χ0n) is 13.3. The van der Waals surface area contributed by atoms with Crippen molar-refractivity contribution < 1.29 is 5.11 Å². The van der Waals surface area contributed by atoms with Gasteiger partial charge in [0.05, 0.1) is 0 Å². The fourth-order valence-corrected chi connectivity index (χ4v) is 3.58. The molecule has 0 radical (unpaired) electrons. The zero-order valence-corrected chi connectivity index (χ0v) is 14.1. The molecule has 1 heterocycles. The third kappa shape index (κ3) is 3.25. The fraction of sp³-hybridized carbons (Fsp3) is 0.471. The van der Waals surface area contributed by atoms with E-state index in [-0.39, 0.29) is 0 Å². The first kappa shape index (κ1) is 15.3. The number of aliphatic hydroxyl groups excluding tert-OH is 1. The van der Waals surface area contributed by atoms with Gasteiger partial charge in [-0.25, -0.2) is 0 Å². The Morgan fingerprint density at radius 1 is 1.45 bits per heavy atom. The van der Waals surface area contributed by atoms with Crippen LogP contribution in [0.4, 0.5) is 0 Å². The molecule has 1 aromatic carbocycles. The van der Waals surface area contributed by atoms with Crippen LogP contribution >= 0.6 is 11.3 Å². The van der Waals surface area contributed by atoms with E-state index in [0.29, 0.717) is 18.0 Å². The number of nitrogens with zero attached hydrogens (tertiary/aromatic N) is 1. The summed E-state index contributed by atoms with van der Waals surface area (Å²) in [6.07, 6.45) is 0.634. The van der Waals surface area contributed by atoms with E-state index >= 15 is 0 Å². The van der Waals surface area contributed by atoms with Crippen molar-refractivity contribution in [2.45, 2.75) is 32.4 Å². The van der Waals surface area contributed by atoms with Gasteiger partial charge in [-0.15, -0.1) is 11.3 Å². The van der Waals surface area contributed by atoms with E-state index in [0.717, 1.165) is 17.3 Å². The van der Waals surface area contributed by atoms with Crippen molar-refractivity contribution in [3.8, 4) is 0 Å². The Kier molecular flexibility index (Phi) is 4.10. The second-order valence-corrected chi connectivity index (χ2v) is 7.66. The molecule has 3 N–H and O–H groups in total. The molecule has 1 aromatic heterocycles. The third-order valence-electron chi connectivity index (χ3n) is 4.28. The summed E-state index contributed by atoms with van der Waals surface area (Å²) in [5.41, 5.74) is 0.349. The highest BCUT2D eigenvalue weighted by atomic mass is 32.1. The van der Waals surface area contributed by atoms with E-state index in [9.17, 15) is 5.11 Å². The van der Waals surface area contributed by atoms with Crippen molar-refractivity contribution in [3.05, 3.63) is 35.2 Å². The molecule has 22 heavy (non-hydrogen) atoms. The van der Waals surface area contributed by atoms with Crippen molar-refractivity contribution >= 4 is 27.4 Å². The molecule has 1 aliphatic rings. The van der Waals surface area contributed by atoms with Crippen LogP contribution in [0.1, 0.15) is 31.2 Å². The van der Waals surface area contributed by atoms with E-state index < -0.39 is 6.10 Å². The Morgan fingerprint density at radius 2 is 2.18 bits per heavy atom. The number of benzene rings is 1. The summed E-state index contributed by atoms with van der Waals surface area (Å²) >= 11 is 1.64. The van der Waals surface area contributed by atoms with E-state index in [2.05, 4.69) is 47.7 Å². The molecule has 2 unspecified atom stereocenters. The predicted octanol–water partition coefficient (Wildman–Crippen LogP) is 2.90. The van der Waals surface area contributed by atoms with Crippen LogP contribution in [0.2, 0.25) is 0 Å². The molecule has 0 aliphatic heterocycles. The lowest BCUT2D eigenvalue weighted by Crippen LogP contribution is -2.41. The van der Waals surface area contributed by atoms with Crippen LogP contribution in [0.15, 0.2) is 35.3 Å². The van der Waals surface area contributed by atoms with Gasteiger partial charge >= 0.3 is 0 Å². The SMILES string of the molecule is CN=C(NCC(O)c1cc2ccccc2s1)NC1CC1(C)C. The smallest absolute Gasteiger partial charge is 0.191 e. The van der Waals surface area contributed by atoms with Gasteiger partial charge in [-0.2, -0.15) is 0 Å². The van der Waals surface area contributed by atoms with Crippen LogP contribution in [0.3, 0.4) is 0 Å². The highest BCUT2D eigenvalue weighted by molar-refractivity contribution is 7.19. The first-order valence-electron chi connectivity index (χ1n) is 7.63. The minimum absolute atomic E-state index is 0.349. The fourth-order valence-electron chi connectivity index (χ4n) is 2.53. The molecule has 1 aliphatic carbocycles. The van der Waals surface area contributed by atoms with E-state index in [1.54, 1.807) is 18.4 Å². The maximum absolute atomic E-state index is 10.4. The van der Waals surface area contributed by atoms with E-state index in [1.165, 1.54) is 10.1 Å². The summed E-state index contributed by atoms with van der Waals surface area (Å²) in [5.74, 6) is 0.760.